The number of nitrogens with zero attached hydrogens (tertiary/aromatic N) is 5. The average molecular weight is 313 g/mol. The SMILES string of the molecule is CCN(CC)c1nc(Cl)nc(N2CCC(C(N)=O)CC2)n1. The van der Waals surface area contributed by atoms with Crippen LogP contribution in [-0.2, 0) is 4.79 Å². The van der Waals surface area contributed by atoms with Gasteiger partial charge in [-0.2, -0.15) is 15.0 Å². The molecule has 0 saturated carbocycles. The summed E-state index contributed by atoms with van der Waals surface area (Å²) < 4.78 is 0. The molecule has 8 heteroatoms. The Balaban J connectivity index is 2.15. The van der Waals surface area contributed by atoms with Gasteiger partial charge in [-0.25, -0.2) is 0 Å². The van der Waals surface area contributed by atoms with Gasteiger partial charge in [-0.1, -0.05) is 0 Å². The number of halogens is 1. The number of hydrogen-bond acceptors (Lipinski definition) is 6. The second-order valence-corrected chi connectivity index (χ2v) is 5.38. The number of piperidine rings is 1. The van der Waals surface area contributed by atoms with Crippen LogP contribution >= 0.6 is 11.6 Å². The van der Waals surface area contributed by atoms with E-state index in [4.69, 9.17) is 17.3 Å². The van der Waals surface area contributed by atoms with Gasteiger partial charge in [0.1, 0.15) is 0 Å². The predicted octanol–water partition coefficient (Wildman–Crippen LogP) is 1.07. The number of aromatic nitrogens is 3. The molecule has 0 aliphatic carbocycles. The lowest BCUT2D eigenvalue weighted by Gasteiger charge is -2.31. The average Bonchev–Trinajstić information content (AvgIpc) is 2.48. The molecule has 0 spiro atoms. The zero-order valence-electron chi connectivity index (χ0n) is 12.4. The standard InChI is InChI=1S/C13H21ClN6O/c1-3-19(4-2)12-16-11(14)17-13(18-12)20-7-5-9(6-8-20)10(15)21/h9H,3-8H2,1-2H3,(H2,15,21). The molecule has 1 aromatic heterocycles. The van der Waals surface area contributed by atoms with E-state index in [0.29, 0.717) is 25.0 Å². The van der Waals surface area contributed by atoms with E-state index in [0.717, 1.165) is 25.9 Å². The zero-order chi connectivity index (χ0) is 15.4. The first kappa shape index (κ1) is 15.8. The number of carbonyl (C=O) groups is 1. The van der Waals surface area contributed by atoms with Gasteiger partial charge >= 0.3 is 0 Å². The second kappa shape index (κ2) is 6.89. The quantitative estimate of drug-likeness (QED) is 0.875. The fourth-order valence-electron chi connectivity index (χ4n) is 2.48. The van der Waals surface area contributed by atoms with Crippen LogP contribution in [0.2, 0.25) is 5.28 Å². The van der Waals surface area contributed by atoms with Crippen molar-refractivity contribution in [2.75, 3.05) is 36.0 Å². The lowest BCUT2D eigenvalue weighted by Crippen LogP contribution is -2.39. The summed E-state index contributed by atoms with van der Waals surface area (Å²) in [6, 6.07) is 0. The fourth-order valence-corrected chi connectivity index (χ4v) is 2.63. The highest BCUT2D eigenvalue weighted by Crippen LogP contribution is 2.22. The van der Waals surface area contributed by atoms with Crippen LogP contribution in [0.25, 0.3) is 0 Å². The molecule has 0 radical (unpaired) electrons. The number of nitrogens with two attached hydrogens (primary N) is 1. The molecule has 1 amide bonds. The van der Waals surface area contributed by atoms with Crippen LogP contribution < -0.4 is 15.5 Å². The Hall–Kier alpha value is -1.63. The van der Waals surface area contributed by atoms with Gasteiger partial charge in [-0.15, -0.1) is 0 Å². The largest absolute Gasteiger partial charge is 0.369 e. The van der Waals surface area contributed by atoms with Gasteiger partial charge in [-0.05, 0) is 38.3 Å². The molecule has 1 fully saturated rings. The molecule has 0 unspecified atom stereocenters. The van der Waals surface area contributed by atoms with Crippen molar-refractivity contribution in [3.8, 4) is 0 Å². The maximum absolute atomic E-state index is 11.2. The van der Waals surface area contributed by atoms with Crippen molar-refractivity contribution in [3.63, 3.8) is 0 Å². The third kappa shape index (κ3) is 3.72. The van der Waals surface area contributed by atoms with Crippen molar-refractivity contribution in [3.05, 3.63) is 5.28 Å². The van der Waals surface area contributed by atoms with Crippen LogP contribution in [0.3, 0.4) is 0 Å². The molecule has 0 atom stereocenters. The van der Waals surface area contributed by atoms with Crippen LogP contribution in [0.1, 0.15) is 26.7 Å². The van der Waals surface area contributed by atoms with E-state index in [1.165, 1.54) is 0 Å². The monoisotopic (exact) mass is 312 g/mol. The third-order valence-electron chi connectivity index (χ3n) is 3.81. The van der Waals surface area contributed by atoms with Gasteiger partial charge in [0, 0.05) is 32.1 Å². The lowest BCUT2D eigenvalue weighted by atomic mass is 9.96. The van der Waals surface area contributed by atoms with Crippen molar-refractivity contribution in [2.45, 2.75) is 26.7 Å². The molecule has 1 aliphatic heterocycles. The molecule has 2 rings (SSSR count). The van der Waals surface area contributed by atoms with Crippen molar-refractivity contribution in [2.24, 2.45) is 11.7 Å². The lowest BCUT2D eigenvalue weighted by molar-refractivity contribution is -0.122. The van der Waals surface area contributed by atoms with E-state index in [9.17, 15) is 4.79 Å². The summed E-state index contributed by atoms with van der Waals surface area (Å²) in [7, 11) is 0. The van der Waals surface area contributed by atoms with Crippen LogP contribution in [0.4, 0.5) is 11.9 Å². The third-order valence-corrected chi connectivity index (χ3v) is 3.98. The van der Waals surface area contributed by atoms with E-state index >= 15 is 0 Å². The first-order valence-corrected chi connectivity index (χ1v) is 7.63. The van der Waals surface area contributed by atoms with Crippen LogP contribution in [0.15, 0.2) is 0 Å². The van der Waals surface area contributed by atoms with Crippen LogP contribution in [0, 0.1) is 5.92 Å². The molecule has 0 aromatic carbocycles. The maximum atomic E-state index is 11.2. The number of carbonyl (C=O) groups excluding carboxylic acids is 1. The molecule has 1 aliphatic rings. The van der Waals surface area contributed by atoms with Gasteiger partial charge < -0.3 is 15.5 Å². The Morgan fingerprint density at radius 2 is 1.90 bits per heavy atom. The number of rotatable bonds is 5. The molecular formula is C13H21ClN6O. The highest BCUT2D eigenvalue weighted by atomic mass is 35.5. The minimum Gasteiger partial charge on any atom is -0.369 e. The summed E-state index contributed by atoms with van der Waals surface area (Å²) >= 11 is 6.02. The van der Waals surface area contributed by atoms with E-state index in [1.54, 1.807) is 0 Å². The molecule has 7 nitrogen and oxygen atoms in total. The molecule has 2 N–H and O–H groups in total. The van der Waals surface area contributed by atoms with Crippen molar-refractivity contribution in [1.29, 1.82) is 0 Å². The van der Waals surface area contributed by atoms with Crippen LogP contribution in [-0.4, -0.2) is 47.0 Å². The Morgan fingerprint density at radius 3 is 2.43 bits per heavy atom. The Bertz CT molecular complexity index is 499. The minimum atomic E-state index is -0.229. The Morgan fingerprint density at radius 1 is 1.29 bits per heavy atom. The Kier molecular flexibility index (Phi) is 5.17. The maximum Gasteiger partial charge on any atom is 0.231 e. The van der Waals surface area contributed by atoms with Crippen molar-refractivity contribution in [1.82, 2.24) is 15.0 Å². The number of primary amides is 1. The summed E-state index contributed by atoms with van der Waals surface area (Å²) in [5.41, 5.74) is 5.35. The van der Waals surface area contributed by atoms with Crippen LogP contribution in [0.5, 0.6) is 0 Å². The van der Waals surface area contributed by atoms with E-state index in [-0.39, 0.29) is 17.1 Å². The van der Waals surface area contributed by atoms with E-state index < -0.39 is 0 Å². The normalized spacial score (nSPS) is 16.0. The zero-order valence-corrected chi connectivity index (χ0v) is 13.2. The predicted molar refractivity (Wildman–Crippen MR) is 82.5 cm³/mol. The van der Waals surface area contributed by atoms with E-state index in [1.807, 2.05) is 23.6 Å². The van der Waals surface area contributed by atoms with Crippen molar-refractivity contribution >= 4 is 29.4 Å². The van der Waals surface area contributed by atoms with Gasteiger partial charge in [-0.3, -0.25) is 4.79 Å². The molecule has 1 aromatic rings. The van der Waals surface area contributed by atoms with E-state index in [2.05, 4.69) is 15.0 Å². The van der Waals surface area contributed by atoms with Gasteiger partial charge in [0.15, 0.2) is 0 Å². The highest BCUT2D eigenvalue weighted by Gasteiger charge is 2.25. The number of anilines is 2. The molecule has 1 saturated heterocycles. The molecule has 21 heavy (non-hydrogen) atoms. The van der Waals surface area contributed by atoms with Gasteiger partial charge in [0.2, 0.25) is 23.1 Å². The highest BCUT2D eigenvalue weighted by molar-refractivity contribution is 6.28. The first-order chi connectivity index (χ1) is 10.0. The van der Waals surface area contributed by atoms with Gasteiger partial charge in [0.25, 0.3) is 0 Å². The summed E-state index contributed by atoms with van der Waals surface area (Å²) in [4.78, 5) is 28.1. The molecule has 116 valence electrons. The van der Waals surface area contributed by atoms with Crippen molar-refractivity contribution < 1.29 is 4.79 Å². The minimum absolute atomic E-state index is 0.0548. The summed E-state index contributed by atoms with van der Waals surface area (Å²) in [5, 5.41) is 0.193. The number of amides is 1. The first-order valence-electron chi connectivity index (χ1n) is 7.25. The fraction of sp³-hybridized carbons (Fsp3) is 0.692. The smallest absolute Gasteiger partial charge is 0.231 e. The Labute approximate surface area is 129 Å². The summed E-state index contributed by atoms with van der Waals surface area (Å²) in [6.45, 7) is 7.09. The molecule has 0 bridgehead atoms. The molecular weight excluding hydrogens is 292 g/mol. The topological polar surface area (TPSA) is 88.2 Å². The number of hydrogen-bond donors (Lipinski definition) is 1. The van der Waals surface area contributed by atoms with Gasteiger partial charge in [0.05, 0.1) is 0 Å². The summed E-state index contributed by atoms with van der Waals surface area (Å²) in [5.74, 6) is 0.875. The molecule has 2 heterocycles. The second-order valence-electron chi connectivity index (χ2n) is 5.04. The summed E-state index contributed by atoms with van der Waals surface area (Å²) in [6.07, 6.45) is 1.44.